The Hall–Kier alpha value is -1.36. The molecule has 0 saturated carbocycles. The van der Waals surface area contributed by atoms with Gasteiger partial charge in [-0.1, -0.05) is 0 Å². The van der Waals surface area contributed by atoms with Crippen LogP contribution in [0.3, 0.4) is 0 Å². The molecule has 0 aliphatic rings. The zero-order valence-electron chi connectivity index (χ0n) is 8.91. The molecule has 78 valence electrons. The highest BCUT2D eigenvalue weighted by Gasteiger charge is 2.06. The molecule has 0 aliphatic carbocycles. The SMILES string of the molecule is CCN(CC)c1nc(C)cc(NN)n1. The fraction of sp³-hybridized carbons (Fsp3) is 0.556. The molecule has 0 atom stereocenters. The molecule has 0 amide bonds. The molecule has 0 radical (unpaired) electrons. The Balaban J connectivity index is 3.01. The van der Waals surface area contributed by atoms with Crippen LogP contribution in [-0.2, 0) is 0 Å². The molecular formula is C9H17N5. The monoisotopic (exact) mass is 195 g/mol. The summed E-state index contributed by atoms with van der Waals surface area (Å²) < 4.78 is 0. The lowest BCUT2D eigenvalue weighted by Gasteiger charge is -2.19. The van der Waals surface area contributed by atoms with Gasteiger partial charge in [-0.15, -0.1) is 0 Å². The minimum absolute atomic E-state index is 0.652. The van der Waals surface area contributed by atoms with E-state index in [2.05, 4.69) is 34.1 Å². The second-order valence-electron chi connectivity index (χ2n) is 3.01. The van der Waals surface area contributed by atoms with E-state index in [1.165, 1.54) is 0 Å². The number of nitrogens with zero attached hydrogens (tertiary/aromatic N) is 3. The summed E-state index contributed by atoms with van der Waals surface area (Å²) in [6.45, 7) is 7.86. The Bertz CT molecular complexity index is 295. The van der Waals surface area contributed by atoms with E-state index in [0.717, 1.165) is 24.7 Å². The molecule has 3 N–H and O–H groups in total. The largest absolute Gasteiger partial charge is 0.341 e. The van der Waals surface area contributed by atoms with Gasteiger partial charge in [-0.3, -0.25) is 0 Å². The first kappa shape index (κ1) is 10.7. The minimum Gasteiger partial charge on any atom is -0.341 e. The third-order valence-corrected chi connectivity index (χ3v) is 2.04. The molecule has 14 heavy (non-hydrogen) atoms. The van der Waals surface area contributed by atoms with Gasteiger partial charge in [0.1, 0.15) is 5.82 Å². The molecule has 5 heteroatoms. The van der Waals surface area contributed by atoms with Crippen molar-refractivity contribution in [2.75, 3.05) is 23.4 Å². The number of anilines is 2. The molecule has 0 aliphatic heterocycles. The lowest BCUT2D eigenvalue weighted by atomic mass is 10.4. The van der Waals surface area contributed by atoms with Gasteiger partial charge in [-0.2, -0.15) is 4.98 Å². The summed E-state index contributed by atoms with van der Waals surface area (Å²) in [6, 6.07) is 1.81. The highest BCUT2D eigenvalue weighted by molar-refractivity contribution is 5.42. The maximum atomic E-state index is 5.31. The number of nitrogen functional groups attached to an aromatic ring is 1. The van der Waals surface area contributed by atoms with Gasteiger partial charge in [0.25, 0.3) is 0 Å². The van der Waals surface area contributed by atoms with Crippen molar-refractivity contribution >= 4 is 11.8 Å². The van der Waals surface area contributed by atoms with Crippen LogP contribution in [0.15, 0.2) is 6.07 Å². The van der Waals surface area contributed by atoms with E-state index in [4.69, 9.17) is 5.84 Å². The normalized spacial score (nSPS) is 10.0. The minimum atomic E-state index is 0.652. The average Bonchev–Trinajstić information content (AvgIpc) is 2.19. The third kappa shape index (κ3) is 2.32. The number of nitrogens with one attached hydrogen (secondary N) is 1. The predicted octanol–water partition coefficient (Wildman–Crippen LogP) is 0.917. The molecule has 1 aromatic heterocycles. The van der Waals surface area contributed by atoms with E-state index in [-0.39, 0.29) is 0 Å². The van der Waals surface area contributed by atoms with E-state index < -0.39 is 0 Å². The van der Waals surface area contributed by atoms with E-state index in [0.29, 0.717) is 5.82 Å². The van der Waals surface area contributed by atoms with Crippen molar-refractivity contribution < 1.29 is 0 Å². The first-order valence-electron chi connectivity index (χ1n) is 4.78. The summed E-state index contributed by atoms with van der Waals surface area (Å²) in [5, 5.41) is 0. The molecule has 1 heterocycles. The van der Waals surface area contributed by atoms with Crippen molar-refractivity contribution in [1.82, 2.24) is 9.97 Å². The van der Waals surface area contributed by atoms with Crippen molar-refractivity contribution in [3.05, 3.63) is 11.8 Å². The van der Waals surface area contributed by atoms with Gasteiger partial charge in [0.15, 0.2) is 0 Å². The Morgan fingerprint density at radius 1 is 1.36 bits per heavy atom. The molecule has 0 spiro atoms. The Morgan fingerprint density at radius 2 is 2.00 bits per heavy atom. The maximum Gasteiger partial charge on any atom is 0.227 e. The summed E-state index contributed by atoms with van der Waals surface area (Å²) in [4.78, 5) is 10.7. The zero-order valence-corrected chi connectivity index (χ0v) is 8.91. The summed E-state index contributed by atoms with van der Waals surface area (Å²) in [5.41, 5.74) is 3.45. The van der Waals surface area contributed by atoms with E-state index >= 15 is 0 Å². The van der Waals surface area contributed by atoms with Crippen LogP contribution in [0.4, 0.5) is 11.8 Å². The molecule has 0 bridgehead atoms. The number of aryl methyl sites for hydroxylation is 1. The first-order chi connectivity index (χ1) is 6.71. The van der Waals surface area contributed by atoms with Crippen molar-refractivity contribution in [2.24, 2.45) is 5.84 Å². The molecule has 0 fully saturated rings. The lowest BCUT2D eigenvalue weighted by molar-refractivity contribution is 0.816. The molecule has 0 unspecified atom stereocenters. The second-order valence-corrected chi connectivity index (χ2v) is 3.01. The molecule has 1 rings (SSSR count). The number of hydrazine groups is 1. The quantitative estimate of drug-likeness (QED) is 0.552. The van der Waals surface area contributed by atoms with Gasteiger partial charge >= 0.3 is 0 Å². The van der Waals surface area contributed by atoms with Gasteiger partial charge in [0, 0.05) is 24.8 Å². The number of rotatable bonds is 4. The summed E-state index contributed by atoms with van der Waals surface area (Å²) in [6.07, 6.45) is 0. The summed E-state index contributed by atoms with van der Waals surface area (Å²) >= 11 is 0. The lowest BCUT2D eigenvalue weighted by Crippen LogP contribution is -2.25. The summed E-state index contributed by atoms with van der Waals surface area (Å²) in [5.74, 6) is 6.69. The van der Waals surface area contributed by atoms with Gasteiger partial charge in [-0.25, -0.2) is 10.8 Å². The summed E-state index contributed by atoms with van der Waals surface area (Å²) in [7, 11) is 0. The third-order valence-electron chi connectivity index (χ3n) is 2.04. The Kier molecular flexibility index (Phi) is 3.64. The van der Waals surface area contributed by atoms with Gasteiger partial charge < -0.3 is 10.3 Å². The smallest absolute Gasteiger partial charge is 0.227 e. The van der Waals surface area contributed by atoms with E-state index in [1.54, 1.807) is 0 Å². The topological polar surface area (TPSA) is 67.1 Å². The van der Waals surface area contributed by atoms with Crippen LogP contribution in [0.25, 0.3) is 0 Å². The molecular weight excluding hydrogens is 178 g/mol. The van der Waals surface area contributed by atoms with Crippen LogP contribution in [0.1, 0.15) is 19.5 Å². The highest BCUT2D eigenvalue weighted by atomic mass is 15.3. The Labute approximate surface area is 84.3 Å². The van der Waals surface area contributed by atoms with Crippen molar-refractivity contribution in [1.29, 1.82) is 0 Å². The molecule has 5 nitrogen and oxygen atoms in total. The molecule has 0 aromatic carbocycles. The number of hydrogen-bond donors (Lipinski definition) is 2. The van der Waals surface area contributed by atoms with E-state index in [9.17, 15) is 0 Å². The maximum absolute atomic E-state index is 5.31. The predicted molar refractivity (Wildman–Crippen MR) is 58.1 cm³/mol. The van der Waals surface area contributed by atoms with Crippen LogP contribution in [0.2, 0.25) is 0 Å². The first-order valence-corrected chi connectivity index (χ1v) is 4.78. The average molecular weight is 195 g/mol. The highest BCUT2D eigenvalue weighted by Crippen LogP contribution is 2.12. The molecule has 0 saturated heterocycles. The van der Waals surface area contributed by atoms with Gasteiger partial charge in [0.2, 0.25) is 5.95 Å². The van der Waals surface area contributed by atoms with E-state index in [1.807, 2.05) is 13.0 Å². The number of nitrogens with two attached hydrogens (primary N) is 1. The number of hydrogen-bond acceptors (Lipinski definition) is 5. The van der Waals surface area contributed by atoms with Crippen LogP contribution in [0.5, 0.6) is 0 Å². The van der Waals surface area contributed by atoms with Crippen LogP contribution in [0, 0.1) is 6.92 Å². The van der Waals surface area contributed by atoms with Crippen LogP contribution < -0.4 is 16.2 Å². The number of aromatic nitrogens is 2. The van der Waals surface area contributed by atoms with Crippen molar-refractivity contribution in [3.63, 3.8) is 0 Å². The van der Waals surface area contributed by atoms with Gasteiger partial charge in [0.05, 0.1) is 0 Å². The van der Waals surface area contributed by atoms with Crippen LogP contribution >= 0.6 is 0 Å². The standard InChI is InChI=1S/C9H17N5/c1-4-14(5-2)9-11-7(3)6-8(12-9)13-10/h6H,4-5,10H2,1-3H3,(H,11,12,13). The zero-order chi connectivity index (χ0) is 10.6. The van der Waals surface area contributed by atoms with Gasteiger partial charge in [-0.05, 0) is 20.8 Å². The van der Waals surface area contributed by atoms with Crippen molar-refractivity contribution in [3.8, 4) is 0 Å². The fourth-order valence-electron chi connectivity index (χ4n) is 1.27. The molecule has 1 aromatic rings. The second kappa shape index (κ2) is 4.76. The van der Waals surface area contributed by atoms with Crippen molar-refractivity contribution in [2.45, 2.75) is 20.8 Å². The Morgan fingerprint density at radius 3 is 2.50 bits per heavy atom. The van der Waals surface area contributed by atoms with Crippen LogP contribution in [-0.4, -0.2) is 23.1 Å². The fourth-order valence-corrected chi connectivity index (χ4v) is 1.27.